The van der Waals surface area contributed by atoms with Crippen molar-refractivity contribution in [1.29, 1.82) is 0 Å². The fraction of sp³-hybridized carbons (Fsp3) is 0.0556. The molecule has 0 saturated heterocycles. The molecular formula is C18H11F3O2. The number of alkyl halides is 3. The lowest BCUT2D eigenvalue weighted by Gasteiger charge is -2.14. The summed E-state index contributed by atoms with van der Waals surface area (Å²) in [7, 11) is 0. The van der Waals surface area contributed by atoms with Gasteiger partial charge in [0.15, 0.2) is 6.29 Å². The molecule has 3 aromatic rings. The Labute approximate surface area is 130 Å². The lowest BCUT2D eigenvalue weighted by Crippen LogP contribution is -2.18. The molecule has 0 aliphatic carbocycles. The Morgan fingerprint density at radius 3 is 2.30 bits per heavy atom. The molecule has 0 aliphatic rings. The van der Waals surface area contributed by atoms with Crippen LogP contribution in [0.3, 0.4) is 0 Å². The van der Waals surface area contributed by atoms with Crippen molar-refractivity contribution in [3.05, 3.63) is 66.2 Å². The molecule has 0 aromatic heterocycles. The first-order chi connectivity index (χ1) is 11.0. The van der Waals surface area contributed by atoms with Crippen molar-refractivity contribution in [3.8, 4) is 16.9 Å². The smallest absolute Gasteiger partial charge is 0.405 e. The van der Waals surface area contributed by atoms with E-state index in [0.29, 0.717) is 17.4 Å². The number of rotatable bonds is 3. The molecule has 0 amide bonds. The number of hydrogen-bond donors (Lipinski definition) is 0. The van der Waals surface area contributed by atoms with Gasteiger partial charge in [0, 0.05) is 0 Å². The Kier molecular flexibility index (Phi) is 3.78. The fourth-order valence-electron chi connectivity index (χ4n) is 2.49. The van der Waals surface area contributed by atoms with Crippen LogP contribution in [0.25, 0.3) is 21.9 Å². The number of carbonyl (C=O) groups is 1. The van der Waals surface area contributed by atoms with Gasteiger partial charge >= 0.3 is 6.36 Å². The summed E-state index contributed by atoms with van der Waals surface area (Å²) in [5.41, 5.74) is 0.922. The average Bonchev–Trinajstić information content (AvgIpc) is 2.52. The fourth-order valence-corrected chi connectivity index (χ4v) is 2.49. The zero-order valence-corrected chi connectivity index (χ0v) is 11.8. The zero-order valence-electron chi connectivity index (χ0n) is 11.8. The van der Waals surface area contributed by atoms with Gasteiger partial charge in [-0.25, -0.2) is 0 Å². The molecule has 2 nitrogen and oxygen atoms in total. The summed E-state index contributed by atoms with van der Waals surface area (Å²) >= 11 is 0. The van der Waals surface area contributed by atoms with Crippen molar-refractivity contribution < 1.29 is 22.7 Å². The van der Waals surface area contributed by atoms with Crippen molar-refractivity contribution in [2.45, 2.75) is 6.36 Å². The Morgan fingerprint density at radius 1 is 0.870 bits per heavy atom. The lowest BCUT2D eigenvalue weighted by molar-refractivity contribution is -0.274. The van der Waals surface area contributed by atoms with Crippen LogP contribution in [-0.4, -0.2) is 12.6 Å². The summed E-state index contributed by atoms with van der Waals surface area (Å²) in [6.07, 6.45) is -4.47. The molecule has 3 aromatic carbocycles. The van der Waals surface area contributed by atoms with E-state index in [4.69, 9.17) is 0 Å². The van der Waals surface area contributed by atoms with Gasteiger partial charge in [-0.1, -0.05) is 48.5 Å². The van der Waals surface area contributed by atoms with Crippen LogP contribution < -0.4 is 4.74 Å². The standard InChI is InChI=1S/C18H11F3O2/c19-18(20,21)23-17-7-3-6-15(16(17)11-22)14-9-8-12-4-1-2-5-13(12)10-14/h1-11H. The SMILES string of the molecule is O=Cc1c(OC(F)(F)F)cccc1-c1ccc2ccccc2c1. The van der Waals surface area contributed by atoms with Gasteiger partial charge in [0.05, 0.1) is 5.56 Å². The number of halogens is 3. The highest BCUT2D eigenvalue weighted by atomic mass is 19.4. The van der Waals surface area contributed by atoms with E-state index in [1.54, 1.807) is 12.1 Å². The minimum Gasteiger partial charge on any atom is -0.405 e. The summed E-state index contributed by atoms with van der Waals surface area (Å²) in [5, 5.41) is 1.94. The molecule has 0 N–H and O–H groups in total. The molecule has 0 radical (unpaired) electrons. The van der Waals surface area contributed by atoms with Gasteiger partial charge in [-0.3, -0.25) is 4.79 Å². The number of ether oxygens (including phenoxy) is 1. The predicted octanol–water partition coefficient (Wildman–Crippen LogP) is 5.22. The van der Waals surface area contributed by atoms with Crippen LogP contribution in [0.5, 0.6) is 5.75 Å². The highest BCUT2D eigenvalue weighted by molar-refractivity contribution is 5.94. The number of hydrogen-bond acceptors (Lipinski definition) is 2. The number of carbonyl (C=O) groups excluding carboxylic acids is 1. The second-order valence-electron chi connectivity index (χ2n) is 4.94. The van der Waals surface area contributed by atoms with E-state index >= 15 is 0 Å². The highest BCUT2D eigenvalue weighted by Gasteiger charge is 2.32. The normalized spacial score (nSPS) is 11.4. The quantitative estimate of drug-likeness (QED) is 0.619. The molecule has 0 heterocycles. The third-order valence-electron chi connectivity index (χ3n) is 3.47. The molecule has 0 saturated carbocycles. The minimum absolute atomic E-state index is 0.125. The van der Waals surface area contributed by atoms with Crippen LogP contribution in [0.15, 0.2) is 60.7 Å². The van der Waals surface area contributed by atoms with Crippen molar-refractivity contribution >= 4 is 17.1 Å². The van der Waals surface area contributed by atoms with Crippen LogP contribution >= 0.6 is 0 Å². The maximum atomic E-state index is 12.5. The van der Waals surface area contributed by atoms with E-state index < -0.39 is 12.1 Å². The first-order valence-corrected chi connectivity index (χ1v) is 6.81. The molecule has 0 atom stereocenters. The van der Waals surface area contributed by atoms with Crippen LogP contribution in [0, 0.1) is 0 Å². The second kappa shape index (κ2) is 5.76. The van der Waals surface area contributed by atoms with Gasteiger partial charge in [0.25, 0.3) is 0 Å². The number of aldehydes is 1. The second-order valence-corrected chi connectivity index (χ2v) is 4.94. The third kappa shape index (κ3) is 3.18. The molecule has 5 heteroatoms. The maximum Gasteiger partial charge on any atom is 0.573 e. The van der Waals surface area contributed by atoms with Crippen LogP contribution in [0.1, 0.15) is 10.4 Å². The number of benzene rings is 3. The van der Waals surface area contributed by atoms with Crippen molar-refractivity contribution in [2.75, 3.05) is 0 Å². The van der Waals surface area contributed by atoms with E-state index in [1.807, 2.05) is 36.4 Å². The van der Waals surface area contributed by atoms with E-state index in [2.05, 4.69) is 4.74 Å². The summed E-state index contributed by atoms with van der Waals surface area (Å²) in [4.78, 5) is 11.3. The van der Waals surface area contributed by atoms with Crippen molar-refractivity contribution in [3.63, 3.8) is 0 Å². The molecule has 0 aliphatic heterocycles. The number of fused-ring (bicyclic) bond motifs is 1. The zero-order chi connectivity index (χ0) is 16.4. The summed E-state index contributed by atoms with van der Waals surface area (Å²) in [5.74, 6) is -0.502. The average molecular weight is 316 g/mol. The van der Waals surface area contributed by atoms with Crippen LogP contribution in [-0.2, 0) is 0 Å². The molecule has 0 spiro atoms. The molecular weight excluding hydrogens is 305 g/mol. The Balaban J connectivity index is 2.14. The maximum absolute atomic E-state index is 12.5. The highest BCUT2D eigenvalue weighted by Crippen LogP contribution is 2.33. The van der Waals surface area contributed by atoms with Gasteiger partial charge in [-0.2, -0.15) is 0 Å². The Hall–Kier alpha value is -2.82. The monoisotopic (exact) mass is 316 g/mol. The largest absolute Gasteiger partial charge is 0.573 e. The molecule has 116 valence electrons. The van der Waals surface area contributed by atoms with Gasteiger partial charge in [-0.15, -0.1) is 13.2 Å². The van der Waals surface area contributed by atoms with E-state index in [1.165, 1.54) is 6.07 Å². The molecule has 0 unspecified atom stereocenters. The first kappa shape index (κ1) is 15.1. The molecule has 3 rings (SSSR count). The van der Waals surface area contributed by atoms with E-state index in [-0.39, 0.29) is 5.56 Å². The molecule has 23 heavy (non-hydrogen) atoms. The van der Waals surface area contributed by atoms with Crippen LogP contribution in [0.2, 0.25) is 0 Å². The summed E-state index contributed by atoms with van der Waals surface area (Å²) in [6, 6.07) is 17.2. The van der Waals surface area contributed by atoms with E-state index in [0.717, 1.165) is 16.8 Å². The van der Waals surface area contributed by atoms with Gasteiger partial charge in [-0.05, 0) is 34.0 Å². The first-order valence-electron chi connectivity index (χ1n) is 6.81. The molecule has 0 fully saturated rings. The summed E-state index contributed by atoms with van der Waals surface area (Å²) < 4.78 is 41.3. The predicted molar refractivity (Wildman–Crippen MR) is 81.5 cm³/mol. The Bertz CT molecular complexity index is 870. The third-order valence-corrected chi connectivity index (χ3v) is 3.47. The summed E-state index contributed by atoms with van der Waals surface area (Å²) in [6.45, 7) is 0. The topological polar surface area (TPSA) is 26.3 Å². The van der Waals surface area contributed by atoms with Crippen molar-refractivity contribution in [2.24, 2.45) is 0 Å². The van der Waals surface area contributed by atoms with Gasteiger partial charge in [0.1, 0.15) is 5.75 Å². The van der Waals surface area contributed by atoms with E-state index in [9.17, 15) is 18.0 Å². The van der Waals surface area contributed by atoms with Gasteiger partial charge < -0.3 is 4.74 Å². The van der Waals surface area contributed by atoms with Gasteiger partial charge in [0.2, 0.25) is 0 Å². The lowest BCUT2D eigenvalue weighted by atomic mass is 9.97. The minimum atomic E-state index is -4.85. The van der Waals surface area contributed by atoms with Crippen LogP contribution in [0.4, 0.5) is 13.2 Å². The Morgan fingerprint density at radius 2 is 1.61 bits per heavy atom. The molecule has 0 bridgehead atoms. The van der Waals surface area contributed by atoms with Crippen molar-refractivity contribution in [1.82, 2.24) is 0 Å².